The number of hydrogen-bond acceptors (Lipinski definition) is 4. The topological polar surface area (TPSA) is 52.3 Å². The molecule has 0 radical (unpaired) electrons. The first-order valence-corrected chi connectivity index (χ1v) is 6.25. The van der Waals surface area contributed by atoms with Crippen molar-refractivity contribution in [3.05, 3.63) is 21.9 Å². The normalized spacial score (nSPS) is 18.2. The average molecular weight is 239 g/mol. The number of carbonyl (C=O) groups is 1. The summed E-state index contributed by atoms with van der Waals surface area (Å²) in [7, 11) is 1.40. The van der Waals surface area contributed by atoms with Crippen molar-refractivity contribution < 1.29 is 9.53 Å². The third kappa shape index (κ3) is 1.66. The molecular weight excluding hydrogens is 222 g/mol. The molecule has 1 aromatic heterocycles. The van der Waals surface area contributed by atoms with Crippen LogP contribution in [0.3, 0.4) is 0 Å². The van der Waals surface area contributed by atoms with E-state index in [1.165, 1.54) is 7.11 Å². The van der Waals surface area contributed by atoms with Crippen molar-refractivity contribution in [2.75, 3.05) is 7.11 Å². The fourth-order valence-corrected chi connectivity index (χ4v) is 3.00. The Labute approximate surface area is 99.6 Å². The molecule has 2 N–H and O–H groups in total. The zero-order chi connectivity index (χ0) is 12.0. The maximum absolute atomic E-state index is 11.4. The minimum Gasteiger partial charge on any atom is -0.465 e. The molecule has 0 unspecified atom stereocenters. The highest BCUT2D eigenvalue weighted by Crippen LogP contribution is 2.50. The van der Waals surface area contributed by atoms with Crippen LogP contribution in [-0.2, 0) is 10.2 Å². The van der Waals surface area contributed by atoms with Gasteiger partial charge in [-0.1, -0.05) is 13.8 Å². The summed E-state index contributed by atoms with van der Waals surface area (Å²) in [5.74, 6) is -0.278. The molecule has 0 atom stereocenters. The van der Waals surface area contributed by atoms with Crippen molar-refractivity contribution in [2.24, 2.45) is 5.73 Å². The molecule has 1 aromatic rings. The number of ether oxygens (including phenoxy) is 1. The van der Waals surface area contributed by atoms with Gasteiger partial charge >= 0.3 is 5.97 Å². The molecule has 1 aliphatic rings. The Morgan fingerprint density at radius 3 is 2.69 bits per heavy atom. The Morgan fingerprint density at radius 1 is 1.56 bits per heavy atom. The predicted octanol–water partition coefficient (Wildman–Crippen LogP) is 2.30. The number of carbonyl (C=O) groups excluding carboxylic acids is 1. The number of nitrogens with two attached hydrogens (primary N) is 1. The van der Waals surface area contributed by atoms with Crippen LogP contribution in [0.4, 0.5) is 0 Å². The molecule has 1 aliphatic carbocycles. The second-order valence-corrected chi connectivity index (χ2v) is 5.88. The van der Waals surface area contributed by atoms with E-state index in [-0.39, 0.29) is 16.9 Å². The smallest absolute Gasteiger partial charge is 0.338 e. The second kappa shape index (κ2) is 3.57. The van der Waals surface area contributed by atoms with E-state index in [0.717, 1.165) is 17.7 Å². The zero-order valence-corrected chi connectivity index (χ0v) is 10.7. The molecule has 1 fully saturated rings. The van der Waals surface area contributed by atoms with Gasteiger partial charge in [0.15, 0.2) is 0 Å². The van der Waals surface area contributed by atoms with Gasteiger partial charge in [-0.15, -0.1) is 11.3 Å². The van der Waals surface area contributed by atoms with E-state index in [0.29, 0.717) is 5.56 Å². The fourth-order valence-electron chi connectivity index (χ4n) is 1.89. The molecule has 88 valence electrons. The molecule has 0 aromatic carbocycles. The number of hydrogen-bond donors (Lipinski definition) is 1. The van der Waals surface area contributed by atoms with Crippen LogP contribution in [0.2, 0.25) is 0 Å². The van der Waals surface area contributed by atoms with Crippen LogP contribution in [-0.4, -0.2) is 18.6 Å². The Hall–Kier alpha value is -0.870. The van der Waals surface area contributed by atoms with Gasteiger partial charge in [0.1, 0.15) is 0 Å². The zero-order valence-electron chi connectivity index (χ0n) is 9.87. The van der Waals surface area contributed by atoms with Crippen LogP contribution in [0.1, 0.15) is 41.9 Å². The average Bonchev–Trinajstić information content (AvgIpc) is 2.84. The molecule has 0 spiro atoms. The van der Waals surface area contributed by atoms with Gasteiger partial charge in [0.25, 0.3) is 0 Å². The summed E-state index contributed by atoms with van der Waals surface area (Å²) in [6.45, 7) is 4.29. The number of esters is 1. The first kappa shape index (κ1) is 11.6. The van der Waals surface area contributed by atoms with E-state index in [9.17, 15) is 4.79 Å². The van der Waals surface area contributed by atoms with Crippen LogP contribution in [0.25, 0.3) is 0 Å². The second-order valence-electron chi connectivity index (χ2n) is 4.97. The highest BCUT2D eigenvalue weighted by atomic mass is 32.1. The summed E-state index contributed by atoms with van der Waals surface area (Å²) in [5.41, 5.74) is 6.73. The Kier molecular flexibility index (Phi) is 2.59. The van der Waals surface area contributed by atoms with Gasteiger partial charge in [-0.05, 0) is 18.9 Å². The van der Waals surface area contributed by atoms with Crippen molar-refractivity contribution in [2.45, 2.75) is 37.6 Å². The molecule has 2 rings (SSSR count). The van der Waals surface area contributed by atoms with Crippen LogP contribution >= 0.6 is 11.3 Å². The maximum Gasteiger partial charge on any atom is 0.338 e. The first-order chi connectivity index (χ1) is 7.40. The standard InChI is InChI=1S/C12H17NO2S/c1-11(2,12(13)4-5-12)9-6-8(7-16-9)10(14)15-3/h6-7H,4-5,13H2,1-3H3. The summed E-state index contributed by atoms with van der Waals surface area (Å²) in [6.07, 6.45) is 2.12. The van der Waals surface area contributed by atoms with Gasteiger partial charge in [-0.3, -0.25) is 0 Å². The summed E-state index contributed by atoms with van der Waals surface area (Å²) in [4.78, 5) is 12.5. The van der Waals surface area contributed by atoms with Gasteiger partial charge < -0.3 is 10.5 Å². The fraction of sp³-hybridized carbons (Fsp3) is 0.583. The predicted molar refractivity (Wildman–Crippen MR) is 64.8 cm³/mol. The van der Waals surface area contributed by atoms with Crippen LogP contribution < -0.4 is 5.73 Å². The van der Waals surface area contributed by atoms with Gasteiger partial charge in [0, 0.05) is 21.2 Å². The Morgan fingerprint density at radius 2 is 2.19 bits per heavy atom. The Bertz CT molecular complexity index is 418. The molecule has 3 nitrogen and oxygen atoms in total. The molecule has 0 saturated heterocycles. The van der Waals surface area contributed by atoms with Crippen molar-refractivity contribution >= 4 is 17.3 Å². The minimum absolute atomic E-state index is 0.0655. The van der Waals surface area contributed by atoms with Crippen molar-refractivity contribution in [3.8, 4) is 0 Å². The lowest BCUT2D eigenvalue weighted by molar-refractivity contribution is 0.0601. The minimum atomic E-state index is -0.278. The Balaban J connectivity index is 2.28. The lowest BCUT2D eigenvalue weighted by atomic mass is 9.81. The highest BCUT2D eigenvalue weighted by Gasteiger charge is 2.52. The van der Waals surface area contributed by atoms with Crippen molar-refractivity contribution in [3.63, 3.8) is 0 Å². The van der Waals surface area contributed by atoms with Gasteiger partial charge in [-0.25, -0.2) is 4.79 Å². The molecular formula is C12H17NO2S. The van der Waals surface area contributed by atoms with Gasteiger partial charge in [0.2, 0.25) is 0 Å². The first-order valence-electron chi connectivity index (χ1n) is 5.37. The molecule has 16 heavy (non-hydrogen) atoms. The van der Waals surface area contributed by atoms with Crippen molar-refractivity contribution in [1.82, 2.24) is 0 Å². The maximum atomic E-state index is 11.4. The largest absolute Gasteiger partial charge is 0.465 e. The van der Waals surface area contributed by atoms with Crippen LogP contribution in [0.5, 0.6) is 0 Å². The highest BCUT2D eigenvalue weighted by molar-refractivity contribution is 7.10. The SMILES string of the molecule is COC(=O)c1csc(C(C)(C)C2(N)CC2)c1. The van der Waals surface area contributed by atoms with E-state index in [1.807, 2.05) is 11.4 Å². The lowest BCUT2D eigenvalue weighted by Gasteiger charge is -2.30. The summed E-state index contributed by atoms with van der Waals surface area (Å²) >= 11 is 1.59. The van der Waals surface area contributed by atoms with Gasteiger partial charge in [-0.2, -0.15) is 0 Å². The van der Waals surface area contributed by atoms with Crippen molar-refractivity contribution in [1.29, 1.82) is 0 Å². The third-order valence-electron chi connectivity index (χ3n) is 3.67. The molecule has 0 bridgehead atoms. The third-order valence-corrected chi connectivity index (χ3v) is 4.92. The molecule has 1 heterocycles. The molecule has 1 saturated carbocycles. The van der Waals surface area contributed by atoms with E-state index >= 15 is 0 Å². The lowest BCUT2D eigenvalue weighted by Crippen LogP contribution is -2.42. The van der Waals surface area contributed by atoms with Gasteiger partial charge in [0.05, 0.1) is 12.7 Å². The molecule has 0 aliphatic heterocycles. The number of thiophene rings is 1. The number of rotatable bonds is 3. The molecule has 0 amide bonds. The quantitative estimate of drug-likeness (QED) is 0.823. The van der Waals surface area contributed by atoms with Crippen LogP contribution in [0.15, 0.2) is 11.4 Å². The van der Waals surface area contributed by atoms with E-state index in [1.54, 1.807) is 11.3 Å². The number of methoxy groups -OCH3 is 1. The van der Waals surface area contributed by atoms with Crippen LogP contribution in [0, 0.1) is 0 Å². The molecule has 4 heteroatoms. The summed E-state index contributed by atoms with van der Waals surface area (Å²) < 4.78 is 4.70. The monoisotopic (exact) mass is 239 g/mol. The summed E-state index contributed by atoms with van der Waals surface area (Å²) in [6, 6.07) is 1.91. The van der Waals surface area contributed by atoms with E-state index in [4.69, 9.17) is 10.5 Å². The summed E-state index contributed by atoms with van der Waals surface area (Å²) in [5, 5.41) is 1.84. The van der Waals surface area contributed by atoms with E-state index < -0.39 is 0 Å². The van der Waals surface area contributed by atoms with E-state index in [2.05, 4.69) is 13.8 Å².